The first-order valence-corrected chi connectivity index (χ1v) is 5.17. The van der Waals surface area contributed by atoms with Gasteiger partial charge in [-0.1, -0.05) is 26.0 Å². The Balaban J connectivity index is 2.97. The average Bonchev–Trinajstić information content (AvgIpc) is 2.30. The Kier molecular flexibility index (Phi) is 4.07. The molecule has 0 aromatic heterocycles. The van der Waals surface area contributed by atoms with Gasteiger partial charge >= 0.3 is 0 Å². The molecule has 0 saturated heterocycles. The van der Waals surface area contributed by atoms with Crippen molar-refractivity contribution in [3.05, 3.63) is 29.8 Å². The maximum atomic E-state index is 11.8. The molecule has 0 spiro atoms. The van der Waals surface area contributed by atoms with E-state index >= 15 is 0 Å². The second kappa shape index (κ2) is 5.32. The highest BCUT2D eigenvalue weighted by molar-refractivity contribution is 5.89. The van der Waals surface area contributed by atoms with Gasteiger partial charge in [0.1, 0.15) is 11.7 Å². The Morgan fingerprint density at radius 1 is 1.31 bits per heavy atom. The zero-order valence-electron chi connectivity index (χ0n) is 9.73. The summed E-state index contributed by atoms with van der Waals surface area (Å²) < 4.78 is 5.02. The summed E-state index contributed by atoms with van der Waals surface area (Å²) >= 11 is 0. The van der Waals surface area contributed by atoms with Crippen molar-refractivity contribution in [2.24, 2.45) is 5.92 Å². The first-order valence-electron chi connectivity index (χ1n) is 5.17. The fourth-order valence-corrected chi connectivity index (χ4v) is 1.43. The predicted molar refractivity (Wildman–Crippen MR) is 61.2 cm³/mol. The summed E-state index contributed by atoms with van der Waals surface area (Å²) in [6.45, 7) is 3.60. The van der Waals surface area contributed by atoms with E-state index in [1.165, 1.54) is 0 Å². The minimum Gasteiger partial charge on any atom is -0.497 e. The fourth-order valence-electron chi connectivity index (χ4n) is 1.43. The Hall–Kier alpha value is -1.82. The molecule has 0 radical (unpaired) electrons. The van der Waals surface area contributed by atoms with Gasteiger partial charge in [0.05, 0.1) is 13.2 Å². The van der Waals surface area contributed by atoms with E-state index in [1.807, 2.05) is 6.07 Å². The van der Waals surface area contributed by atoms with Crippen LogP contribution >= 0.6 is 0 Å². The minimum atomic E-state index is -0.675. The second-order valence-corrected chi connectivity index (χ2v) is 3.89. The summed E-state index contributed by atoms with van der Waals surface area (Å²) in [5.41, 5.74) is 0.724. The van der Waals surface area contributed by atoms with E-state index in [1.54, 1.807) is 45.2 Å². The van der Waals surface area contributed by atoms with Crippen LogP contribution in [0.4, 0.5) is 0 Å². The van der Waals surface area contributed by atoms with Gasteiger partial charge in [0, 0.05) is 5.92 Å². The lowest BCUT2D eigenvalue weighted by molar-refractivity contribution is -0.122. The lowest BCUT2D eigenvalue weighted by Gasteiger charge is -2.11. The van der Waals surface area contributed by atoms with Crippen molar-refractivity contribution < 1.29 is 9.53 Å². The quantitative estimate of drug-likeness (QED) is 0.778. The summed E-state index contributed by atoms with van der Waals surface area (Å²) in [7, 11) is 1.58. The maximum absolute atomic E-state index is 11.8. The number of carbonyl (C=O) groups is 1. The minimum absolute atomic E-state index is 0.0485. The Morgan fingerprint density at radius 3 is 2.25 bits per heavy atom. The first kappa shape index (κ1) is 12.3. The summed E-state index contributed by atoms with van der Waals surface area (Å²) in [5.74, 6) is -0.136. The van der Waals surface area contributed by atoms with Crippen molar-refractivity contribution >= 4 is 5.78 Å². The van der Waals surface area contributed by atoms with Gasteiger partial charge in [-0.15, -0.1) is 0 Å². The smallest absolute Gasteiger partial charge is 0.156 e. The zero-order chi connectivity index (χ0) is 12.1. The van der Waals surface area contributed by atoms with Crippen molar-refractivity contribution in [3.8, 4) is 11.8 Å². The molecule has 1 atom stereocenters. The second-order valence-electron chi connectivity index (χ2n) is 3.89. The third-order valence-corrected chi connectivity index (χ3v) is 2.43. The molecule has 3 heteroatoms. The Morgan fingerprint density at radius 2 is 1.88 bits per heavy atom. The molecule has 1 aromatic carbocycles. The molecule has 0 saturated carbocycles. The summed E-state index contributed by atoms with van der Waals surface area (Å²) in [6.07, 6.45) is 0. The SMILES string of the molecule is COc1ccc([C@@H](C#N)C(=O)C(C)C)cc1. The third-order valence-electron chi connectivity index (χ3n) is 2.43. The number of rotatable bonds is 4. The monoisotopic (exact) mass is 217 g/mol. The molecule has 0 unspecified atom stereocenters. The van der Waals surface area contributed by atoms with Crippen LogP contribution in [0.25, 0.3) is 0 Å². The number of carbonyl (C=O) groups excluding carboxylic acids is 1. The Bertz CT molecular complexity index is 401. The number of ether oxygens (including phenoxy) is 1. The molecule has 84 valence electrons. The van der Waals surface area contributed by atoms with Crippen LogP contribution in [0.1, 0.15) is 25.3 Å². The van der Waals surface area contributed by atoms with E-state index < -0.39 is 5.92 Å². The van der Waals surface area contributed by atoms with Gasteiger partial charge < -0.3 is 4.74 Å². The number of nitrogens with zero attached hydrogens (tertiary/aromatic N) is 1. The normalized spacial score (nSPS) is 11.9. The fraction of sp³-hybridized carbons (Fsp3) is 0.385. The largest absolute Gasteiger partial charge is 0.497 e. The van der Waals surface area contributed by atoms with Crippen LogP contribution in [0.5, 0.6) is 5.75 Å². The predicted octanol–water partition coefficient (Wildman–Crippen LogP) is 2.53. The number of ketones is 1. The van der Waals surface area contributed by atoms with E-state index in [2.05, 4.69) is 0 Å². The molecule has 1 aromatic rings. The summed E-state index contributed by atoms with van der Waals surface area (Å²) in [5, 5.41) is 9.02. The number of hydrogen-bond acceptors (Lipinski definition) is 3. The first-order chi connectivity index (χ1) is 7.60. The van der Waals surface area contributed by atoms with E-state index in [4.69, 9.17) is 10.00 Å². The van der Waals surface area contributed by atoms with E-state index in [9.17, 15) is 4.79 Å². The molecular weight excluding hydrogens is 202 g/mol. The average molecular weight is 217 g/mol. The number of Topliss-reactive ketones (excluding diaryl/α,β-unsaturated/α-hetero) is 1. The molecule has 0 heterocycles. The lowest BCUT2D eigenvalue weighted by Crippen LogP contribution is -2.16. The van der Waals surface area contributed by atoms with Crippen LogP contribution in [-0.2, 0) is 4.79 Å². The van der Waals surface area contributed by atoms with Gasteiger partial charge in [-0.3, -0.25) is 4.79 Å². The Labute approximate surface area is 95.7 Å². The van der Waals surface area contributed by atoms with Crippen LogP contribution < -0.4 is 4.74 Å². The van der Waals surface area contributed by atoms with Crippen LogP contribution in [0.2, 0.25) is 0 Å². The number of hydrogen-bond donors (Lipinski definition) is 0. The molecule has 0 fully saturated rings. The van der Waals surface area contributed by atoms with Gasteiger partial charge in [0.25, 0.3) is 0 Å². The molecule has 0 aliphatic carbocycles. The van der Waals surface area contributed by atoms with Crippen molar-refractivity contribution in [3.63, 3.8) is 0 Å². The topological polar surface area (TPSA) is 50.1 Å². The molecule has 3 nitrogen and oxygen atoms in total. The molecule has 0 bridgehead atoms. The van der Waals surface area contributed by atoms with Crippen molar-refractivity contribution in [2.75, 3.05) is 7.11 Å². The summed E-state index contributed by atoms with van der Waals surface area (Å²) in [4.78, 5) is 11.8. The van der Waals surface area contributed by atoms with Crippen LogP contribution in [0.3, 0.4) is 0 Å². The van der Waals surface area contributed by atoms with Gasteiger partial charge in [0.15, 0.2) is 5.78 Å². The van der Waals surface area contributed by atoms with Gasteiger partial charge in [-0.25, -0.2) is 0 Å². The standard InChI is InChI=1S/C13H15NO2/c1-9(2)13(15)12(8-14)10-4-6-11(16-3)7-5-10/h4-7,9,12H,1-3H3/t12-/m1/s1. The maximum Gasteiger partial charge on any atom is 0.156 e. The van der Waals surface area contributed by atoms with Crippen molar-refractivity contribution in [1.82, 2.24) is 0 Å². The van der Waals surface area contributed by atoms with Gasteiger partial charge in [0.2, 0.25) is 0 Å². The zero-order valence-corrected chi connectivity index (χ0v) is 9.73. The molecule has 1 rings (SSSR count). The molecular formula is C13H15NO2. The van der Waals surface area contributed by atoms with E-state index in [0.29, 0.717) is 0 Å². The van der Waals surface area contributed by atoms with Gasteiger partial charge in [-0.2, -0.15) is 5.26 Å². The number of nitriles is 1. The molecule has 0 amide bonds. The number of benzene rings is 1. The molecule has 0 aliphatic heterocycles. The highest BCUT2D eigenvalue weighted by atomic mass is 16.5. The van der Waals surface area contributed by atoms with Crippen molar-refractivity contribution in [1.29, 1.82) is 5.26 Å². The van der Waals surface area contributed by atoms with E-state index in [0.717, 1.165) is 11.3 Å². The number of methoxy groups -OCH3 is 1. The molecule has 16 heavy (non-hydrogen) atoms. The highest BCUT2D eigenvalue weighted by Crippen LogP contribution is 2.22. The lowest BCUT2D eigenvalue weighted by atomic mass is 9.90. The van der Waals surface area contributed by atoms with Crippen LogP contribution in [-0.4, -0.2) is 12.9 Å². The van der Waals surface area contributed by atoms with Crippen molar-refractivity contribution in [2.45, 2.75) is 19.8 Å². The third kappa shape index (κ3) is 2.60. The van der Waals surface area contributed by atoms with Gasteiger partial charge in [-0.05, 0) is 17.7 Å². The van der Waals surface area contributed by atoms with Crippen LogP contribution in [0.15, 0.2) is 24.3 Å². The molecule has 0 N–H and O–H groups in total. The highest BCUT2D eigenvalue weighted by Gasteiger charge is 2.22. The van der Waals surface area contributed by atoms with Crippen LogP contribution in [0, 0.1) is 17.2 Å². The van der Waals surface area contributed by atoms with E-state index in [-0.39, 0.29) is 11.7 Å². The summed E-state index contributed by atoms with van der Waals surface area (Å²) in [6, 6.07) is 9.07. The molecule has 0 aliphatic rings.